The van der Waals surface area contributed by atoms with E-state index in [4.69, 9.17) is 4.42 Å². The third kappa shape index (κ3) is 7.25. The highest BCUT2D eigenvalue weighted by atomic mass is 16.3. The summed E-state index contributed by atoms with van der Waals surface area (Å²) in [5.41, 5.74) is 20.1. The molecular formula is C66H44N2O. The minimum absolute atomic E-state index is 0.868. The van der Waals surface area contributed by atoms with Gasteiger partial charge in [-0.3, -0.25) is 0 Å². The first-order valence-electron chi connectivity index (χ1n) is 23.6. The maximum Gasteiger partial charge on any atom is 0.136 e. The lowest BCUT2D eigenvalue weighted by Gasteiger charge is -2.28. The number of anilines is 3. The summed E-state index contributed by atoms with van der Waals surface area (Å²) in [6.45, 7) is 0. The molecule has 0 aliphatic carbocycles. The van der Waals surface area contributed by atoms with Gasteiger partial charge in [-0.2, -0.15) is 0 Å². The largest absolute Gasteiger partial charge is 0.456 e. The number of furan rings is 1. The van der Waals surface area contributed by atoms with Crippen LogP contribution in [-0.4, -0.2) is 4.57 Å². The molecule has 324 valence electrons. The Morgan fingerprint density at radius 2 is 0.681 bits per heavy atom. The van der Waals surface area contributed by atoms with E-state index in [1.165, 1.54) is 49.6 Å². The summed E-state index contributed by atoms with van der Waals surface area (Å²) in [6.07, 6.45) is 0. The summed E-state index contributed by atoms with van der Waals surface area (Å²) in [7, 11) is 0. The second kappa shape index (κ2) is 16.9. The van der Waals surface area contributed by atoms with Crippen LogP contribution in [0.4, 0.5) is 17.1 Å². The number of nitrogens with zero attached hydrogens (tertiary/aromatic N) is 2. The molecule has 0 unspecified atom stereocenters. The Labute approximate surface area is 401 Å². The smallest absolute Gasteiger partial charge is 0.136 e. The predicted octanol–water partition coefficient (Wildman–Crippen LogP) is 18.5. The standard InChI is InChI=1S/C66H44N2O/c1-3-14-45(15-4-1)48-30-36-54(37-31-48)67(62-23-10-7-20-57(62)53-35-41-61-60-40-34-52(46-16-5-2-6-17-46)43-65(60)69-66(61)44-53)55-38-32-49(33-39-55)47-26-28-50(29-27-47)51-18-13-19-56(42-51)68-63-24-11-8-21-58(63)59-22-9-12-25-64(59)68/h1-44H. The molecule has 0 spiro atoms. The normalized spacial score (nSPS) is 11.5. The van der Waals surface area contributed by atoms with Gasteiger partial charge >= 0.3 is 0 Å². The van der Waals surface area contributed by atoms with Crippen LogP contribution in [0.1, 0.15) is 0 Å². The second-order valence-corrected chi connectivity index (χ2v) is 17.7. The van der Waals surface area contributed by atoms with Crippen molar-refractivity contribution < 1.29 is 4.42 Å². The maximum atomic E-state index is 6.62. The number of hydrogen-bond donors (Lipinski definition) is 0. The van der Waals surface area contributed by atoms with Gasteiger partial charge in [0.15, 0.2) is 0 Å². The molecular weight excluding hydrogens is 837 g/mol. The molecule has 0 fully saturated rings. The topological polar surface area (TPSA) is 21.3 Å². The fraction of sp³-hybridized carbons (Fsp3) is 0. The zero-order chi connectivity index (χ0) is 45.7. The summed E-state index contributed by atoms with van der Waals surface area (Å²) in [6, 6.07) is 95.9. The van der Waals surface area contributed by atoms with Crippen molar-refractivity contribution in [3.63, 3.8) is 0 Å². The highest BCUT2D eigenvalue weighted by Gasteiger charge is 2.19. The van der Waals surface area contributed by atoms with Crippen molar-refractivity contribution in [3.8, 4) is 61.3 Å². The van der Waals surface area contributed by atoms with Gasteiger partial charge in [0.05, 0.1) is 16.7 Å². The number of rotatable bonds is 9. The highest BCUT2D eigenvalue weighted by molar-refractivity contribution is 6.10. The minimum Gasteiger partial charge on any atom is -0.456 e. The van der Waals surface area contributed by atoms with Gasteiger partial charge in [-0.1, -0.05) is 188 Å². The molecule has 0 saturated heterocycles. The lowest BCUT2D eigenvalue weighted by atomic mass is 9.98. The number of aromatic nitrogens is 1. The molecule has 13 rings (SSSR count). The van der Waals surface area contributed by atoms with Crippen molar-refractivity contribution in [1.29, 1.82) is 0 Å². The number of benzene rings is 11. The number of para-hydroxylation sites is 3. The van der Waals surface area contributed by atoms with E-state index in [0.29, 0.717) is 0 Å². The first kappa shape index (κ1) is 40.1. The number of fused-ring (bicyclic) bond motifs is 6. The molecule has 2 heterocycles. The molecule has 0 radical (unpaired) electrons. The summed E-state index contributed by atoms with van der Waals surface area (Å²) in [5, 5.41) is 4.75. The third-order valence-electron chi connectivity index (χ3n) is 13.6. The van der Waals surface area contributed by atoms with Gasteiger partial charge in [-0.05, 0) is 129 Å². The fourth-order valence-electron chi connectivity index (χ4n) is 10.2. The van der Waals surface area contributed by atoms with Crippen LogP contribution in [0.5, 0.6) is 0 Å². The van der Waals surface area contributed by atoms with Gasteiger partial charge in [0.1, 0.15) is 11.2 Å². The van der Waals surface area contributed by atoms with Crippen molar-refractivity contribution >= 4 is 60.8 Å². The first-order chi connectivity index (χ1) is 34.2. The molecule has 3 heteroatoms. The highest BCUT2D eigenvalue weighted by Crippen LogP contribution is 2.44. The van der Waals surface area contributed by atoms with Crippen LogP contribution >= 0.6 is 0 Å². The van der Waals surface area contributed by atoms with Crippen LogP contribution in [0.25, 0.3) is 105 Å². The van der Waals surface area contributed by atoms with Crippen molar-refractivity contribution in [2.24, 2.45) is 0 Å². The molecule has 0 amide bonds. The molecule has 2 aromatic heterocycles. The van der Waals surface area contributed by atoms with Crippen LogP contribution in [0, 0.1) is 0 Å². The molecule has 0 bridgehead atoms. The third-order valence-corrected chi connectivity index (χ3v) is 13.6. The van der Waals surface area contributed by atoms with Gasteiger partial charge in [0, 0.05) is 44.2 Å². The van der Waals surface area contributed by atoms with Crippen LogP contribution in [0.3, 0.4) is 0 Å². The second-order valence-electron chi connectivity index (χ2n) is 17.7. The molecule has 11 aromatic carbocycles. The van der Waals surface area contributed by atoms with Gasteiger partial charge in [0.25, 0.3) is 0 Å². The van der Waals surface area contributed by atoms with E-state index >= 15 is 0 Å². The Morgan fingerprint density at radius 1 is 0.275 bits per heavy atom. The molecule has 0 aliphatic rings. The molecule has 0 N–H and O–H groups in total. The molecule has 0 atom stereocenters. The molecule has 3 nitrogen and oxygen atoms in total. The first-order valence-corrected chi connectivity index (χ1v) is 23.6. The zero-order valence-electron chi connectivity index (χ0n) is 37.7. The lowest BCUT2D eigenvalue weighted by molar-refractivity contribution is 0.669. The Bertz CT molecular complexity index is 3930. The summed E-state index contributed by atoms with van der Waals surface area (Å²) >= 11 is 0. The summed E-state index contributed by atoms with van der Waals surface area (Å²) in [5.74, 6) is 0. The van der Waals surface area contributed by atoms with Crippen LogP contribution in [0.2, 0.25) is 0 Å². The van der Waals surface area contributed by atoms with Crippen LogP contribution < -0.4 is 4.90 Å². The fourth-order valence-corrected chi connectivity index (χ4v) is 10.2. The van der Waals surface area contributed by atoms with E-state index in [1.54, 1.807) is 0 Å². The van der Waals surface area contributed by atoms with E-state index in [9.17, 15) is 0 Å². The maximum absolute atomic E-state index is 6.62. The molecule has 13 aromatic rings. The van der Waals surface area contributed by atoms with E-state index in [-0.39, 0.29) is 0 Å². The van der Waals surface area contributed by atoms with Crippen LogP contribution in [-0.2, 0) is 0 Å². The van der Waals surface area contributed by atoms with Gasteiger partial charge in [-0.25, -0.2) is 0 Å². The van der Waals surface area contributed by atoms with E-state index < -0.39 is 0 Å². The monoisotopic (exact) mass is 880 g/mol. The average Bonchev–Trinajstić information content (AvgIpc) is 3.97. The van der Waals surface area contributed by atoms with Crippen LogP contribution in [0.15, 0.2) is 271 Å². The molecule has 69 heavy (non-hydrogen) atoms. The Hall–Kier alpha value is -9.18. The molecule has 0 saturated carbocycles. The van der Waals surface area contributed by atoms with E-state index in [1.807, 2.05) is 6.07 Å². The average molecular weight is 881 g/mol. The van der Waals surface area contributed by atoms with Gasteiger partial charge < -0.3 is 13.9 Å². The SMILES string of the molecule is c1ccc(-c2ccc(N(c3ccc(-c4ccc(-c5cccc(-n6c7ccccc7c7ccccc76)c5)cc4)cc3)c3ccccc3-c3ccc4c(c3)oc3cc(-c5ccccc5)ccc34)cc2)cc1. The molecule has 0 aliphatic heterocycles. The van der Waals surface area contributed by atoms with Crippen molar-refractivity contribution in [3.05, 3.63) is 267 Å². The van der Waals surface area contributed by atoms with Crippen molar-refractivity contribution in [2.45, 2.75) is 0 Å². The Balaban J connectivity index is 0.846. The predicted molar refractivity (Wildman–Crippen MR) is 290 cm³/mol. The summed E-state index contributed by atoms with van der Waals surface area (Å²) in [4.78, 5) is 2.37. The quantitative estimate of drug-likeness (QED) is 0.144. The Kier molecular flexibility index (Phi) is 9.84. The lowest BCUT2D eigenvalue weighted by Crippen LogP contribution is -2.11. The van der Waals surface area contributed by atoms with Gasteiger partial charge in [-0.15, -0.1) is 0 Å². The van der Waals surface area contributed by atoms with E-state index in [0.717, 1.165) is 72.5 Å². The van der Waals surface area contributed by atoms with Crippen molar-refractivity contribution in [2.75, 3.05) is 4.90 Å². The number of hydrogen-bond acceptors (Lipinski definition) is 2. The van der Waals surface area contributed by atoms with E-state index in [2.05, 4.69) is 270 Å². The minimum atomic E-state index is 0.868. The Morgan fingerprint density at radius 3 is 1.28 bits per heavy atom. The van der Waals surface area contributed by atoms with Gasteiger partial charge in [0.2, 0.25) is 0 Å². The zero-order valence-corrected chi connectivity index (χ0v) is 37.7. The van der Waals surface area contributed by atoms with Crippen molar-refractivity contribution in [1.82, 2.24) is 4.57 Å². The summed E-state index contributed by atoms with van der Waals surface area (Å²) < 4.78 is 9.00.